The molecule has 1 saturated heterocycles. The molecule has 2 aromatic rings. The molecular weight excluding hydrogens is 314 g/mol. The number of hydrogen-bond donors (Lipinski definition) is 0. The molecule has 0 saturated carbocycles. The summed E-state index contributed by atoms with van der Waals surface area (Å²) in [5, 5.41) is 4.11. The van der Waals surface area contributed by atoms with Gasteiger partial charge in [-0.15, -0.1) is 5.10 Å². The molecule has 24 heavy (non-hydrogen) atoms. The lowest BCUT2D eigenvalue weighted by atomic mass is 10.3. The van der Waals surface area contributed by atoms with Gasteiger partial charge in [-0.1, -0.05) is 0 Å². The number of likely N-dealkylation sites (tertiary alicyclic amines) is 1. The first-order valence-corrected chi connectivity index (χ1v) is 7.51. The minimum atomic E-state index is -0.165. The maximum Gasteiger partial charge on any atom is 0.278 e. The van der Waals surface area contributed by atoms with E-state index in [0.29, 0.717) is 42.7 Å². The van der Waals surface area contributed by atoms with E-state index >= 15 is 0 Å². The highest BCUT2D eigenvalue weighted by atomic mass is 16.5. The van der Waals surface area contributed by atoms with Gasteiger partial charge in [0.15, 0.2) is 0 Å². The first-order valence-electron chi connectivity index (χ1n) is 7.51. The van der Waals surface area contributed by atoms with E-state index in [1.807, 2.05) is 0 Å². The second kappa shape index (κ2) is 6.73. The van der Waals surface area contributed by atoms with Crippen LogP contribution >= 0.6 is 0 Å². The summed E-state index contributed by atoms with van der Waals surface area (Å²) in [5.41, 5.74) is 0.442. The van der Waals surface area contributed by atoms with E-state index in [1.54, 1.807) is 22.8 Å². The highest BCUT2D eigenvalue weighted by Crippen LogP contribution is 2.25. The number of rotatable bonds is 5. The fourth-order valence-corrected chi connectivity index (χ4v) is 2.64. The van der Waals surface area contributed by atoms with E-state index in [4.69, 9.17) is 14.2 Å². The third kappa shape index (κ3) is 3.10. The van der Waals surface area contributed by atoms with Crippen molar-refractivity contribution in [3.05, 3.63) is 24.2 Å². The molecule has 0 radical (unpaired) electrons. The van der Waals surface area contributed by atoms with Gasteiger partial charge in [-0.05, 0) is 0 Å². The highest BCUT2D eigenvalue weighted by Gasteiger charge is 2.31. The second-order valence-electron chi connectivity index (χ2n) is 5.38. The number of aryl methyl sites for hydroxylation is 1. The first-order chi connectivity index (χ1) is 11.6. The molecule has 0 aromatic carbocycles. The molecule has 0 spiro atoms. The molecule has 9 heteroatoms. The van der Waals surface area contributed by atoms with Crippen LogP contribution < -0.4 is 14.2 Å². The van der Waals surface area contributed by atoms with Crippen molar-refractivity contribution in [1.82, 2.24) is 24.6 Å². The predicted molar refractivity (Wildman–Crippen MR) is 83.3 cm³/mol. The molecule has 1 aliphatic heterocycles. The summed E-state index contributed by atoms with van der Waals surface area (Å²) in [6.07, 6.45) is 5.26. The lowest BCUT2D eigenvalue weighted by molar-refractivity contribution is 0.0767. The Balaban J connectivity index is 1.68. The van der Waals surface area contributed by atoms with Crippen molar-refractivity contribution >= 4 is 5.91 Å². The number of ether oxygens (including phenoxy) is 3. The van der Waals surface area contributed by atoms with Crippen molar-refractivity contribution in [2.45, 2.75) is 12.5 Å². The minimum Gasteiger partial charge on any atom is -0.479 e. The zero-order chi connectivity index (χ0) is 17.1. The molecule has 2 aromatic heterocycles. The van der Waals surface area contributed by atoms with Crippen molar-refractivity contribution in [3.63, 3.8) is 0 Å². The Morgan fingerprint density at radius 1 is 1.17 bits per heavy atom. The van der Waals surface area contributed by atoms with Crippen molar-refractivity contribution in [2.75, 3.05) is 27.3 Å². The van der Waals surface area contributed by atoms with Crippen LogP contribution in [0.1, 0.15) is 16.8 Å². The van der Waals surface area contributed by atoms with E-state index in [1.165, 1.54) is 26.6 Å². The van der Waals surface area contributed by atoms with Gasteiger partial charge in [-0.3, -0.25) is 9.48 Å². The summed E-state index contributed by atoms with van der Waals surface area (Å²) in [6, 6.07) is 0. The van der Waals surface area contributed by atoms with Gasteiger partial charge in [-0.25, -0.2) is 9.97 Å². The molecule has 0 N–H and O–H groups in total. The molecule has 9 nitrogen and oxygen atoms in total. The minimum absolute atomic E-state index is 0.128. The van der Waals surface area contributed by atoms with Gasteiger partial charge in [0.1, 0.15) is 11.7 Å². The van der Waals surface area contributed by atoms with E-state index in [-0.39, 0.29) is 12.0 Å². The predicted octanol–water partition coefficient (Wildman–Crippen LogP) is 0.521. The first kappa shape index (κ1) is 16.0. The average Bonchev–Trinajstić information content (AvgIpc) is 3.21. The number of amides is 1. The quantitative estimate of drug-likeness (QED) is 0.787. The maximum atomic E-state index is 12.6. The van der Waals surface area contributed by atoms with E-state index in [2.05, 4.69) is 15.1 Å². The number of methoxy groups -OCH3 is 2. The van der Waals surface area contributed by atoms with Gasteiger partial charge in [-0.2, -0.15) is 0 Å². The molecule has 0 unspecified atom stereocenters. The van der Waals surface area contributed by atoms with Crippen molar-refractivity contribution in [1.29, 1.82) is 0 Å². The van der Waals surface area contributed by atoms with Crippen molar-refractivity contribution in [3.8, 4) is 17.6 Å². The third-order valence-corrected chi connectivity index (χ3v) is 3.76. The summed E-state index contributed by atoms with van der Waals surface area (Å²) in [5.74, 6) is 0.856. The zero-order valence-electron chi connectivity index (χ0n) is 13.8. The summed E-state index contributed by atoms with van der Waals surface area (Å²) in [4.78, 5) is 22.5. The molecule has 3 rings (SSSR count). The van der Waals surface area contributed by atoms with Gasteiger partial charge in [0.2, 0.25) is 5.88 Å². The SMILES string of the molecule is COc1nn(C)cc1C(=O)N1CC[C@@H](Oc2nccnc2OC)C1. The lowest BCUT2D eigenvalue weighted by Gasteiger charge is -2.17. The van der Waals surface area contributed by atoms with E-state index < -0.39 is 0 Å². The monoisotopic (exact) mass is 333 g/mol. The highest BCUT2D eigenvalue weighted by molar-refractivity contribution is 5.96. The smallest absolute Gasteiger partial charge is 0.278 e. The number of carbonyl (C=O) groups excluding carboxylic acids is 1. The standard InChI is InChI=1S/C15H19N5O4/c1-19-9-11(12(18-19)22-2)15(21)20-7-4-10(8-20)24-14-13(23-3)16-5-6-17-14/h5-6,9-10H,4,7-8H2,1-3H3/t10-/m1/s1. The number of aromatic nitrogens is 4. The molecular formula is C15H19N5O4. The average molecular weight is 333 g/mol. The van der Waals surface area contributed by atoms with Gasteiger partial charge in [0, 0.05) is 38.6 Å². The van der Waals surface area contributed by atoms with Crippen LogP contribution in [0.2, 0.25) is 0 Å². The molecule has 0 aliphatic carbocycles. The van der Waals surface area contributed by atoms with Gasteiger partial charge >= 0.3 is 0 Å². The summed E-state index contributed by atoms with van der Waals surface area (Å²) in [7, 11) is 4.75. The van der Waals surface area contributed by atoms with Gasteiger partial charge in [0.25, 0.3) is 17.7 Å². The Bertz CT molecular complexity index is 732. The van der Waals surface area contributed by atoms with Gasteiger partial charge < -0.3 is 19.1 Å². The molecule has 1 amide bonds. The number of nitrogens with zero attached hydrogens (tertiary/aromatic N) is 5. The molecule has 3 heterocycles. The Labute approximate surface area is 139 Å². The van der Waals surface area contributed by atoms with Crippen molar-refractivity contribution in [2.24, 2.45) is 7.05 Å². The molecule has 1 aliphatic rings. The largest absolute Gasteiger partial charge is 0.479 e. The Morgan fingerprint density at radius 3 is 2.58 bits per heavy atom. The number of hydrogen-bond acceptors (Lipinski definition) is 7. The fraction of sp³-hybridized carbons (Fsp3) is 0.467. The lowest BCUT2D eigenvalue weighted by Crippen LogP contribution is -2.31. The molecule has 1 fully saturated rings. The van der Waals surface area contributed by atoms with Gasteiger partial charge in [0.05, 0.1) is 20.8 Å². The number of carbonyl (C=O) groups is 1. The van der Waals surface area contributed by atoms with Crippen LogP contribution in [0.25, 0.3) is 0 Å². The third-order valence-electron chi connectivity index (χ3n) is 3.76. The second-order valence-corrected chi connectivity index (χ2v) is 5.38. The Kier molecular flexibility index (Phi) is 4.50. The normalized spacial score (nSPS) is 17.0. The summed E-state index contributed by atoms with van der Waals surface area (Å²) >= 11 is 0. The van der Waals surface area contributed by atoms with E-state index in [9.17, 15) is 4.79 Å². The molecule has 1 atom stereocenters. The summed E-state index contributed by atoms with van der Waals surface area (Å²) in [6.45, 7) is 1.04. The zero-order valence-corrected chi connectivity index (χ0v) is 13.8. The van der Waals surface area contributed by atoms with Crippen LogP contribution in [0.4, 0.5) is 0 Å². The van der Waals surface area contributed by atoms with Crippen LogP contribution in [-0.4, -0.2) is 64.0 Å². The van der Waals surface area contributed by atoms with E-state index in [0.717, 1.165) is 0 Å². The fourth-order valence-electron chi connectivity index (χ4n) is 2.64. The van der Waals surface area contributed by atoms with Crippen LogP contribution in [-0.2, 0) is 7.05 Å². The molecule has 0 bridgehead atoms. The summed E-state index contributed by atoms with van der Waals surface area (Å²) < 4.78 is 17.7. The van der Waals surface area contributed by atoms with Crippen LogP contribution in [0.5, 0.6) is 17.6 Å². The topological polar surface area (TPSA) is 91.6 Å². The van der Waals surface area contributed by atoms with Crippen LogP contribution in [0.3, 0.4) is 0 Å². The maximum absolute atomic E-state index is 12.6. The Morgan fingerprint density at radius 2 is 1.88 bits per heavy atom. The Hall–Kier alpha value is -2.84. The van der Waals surface area contributed by atoms with Crippen LogP contribution in [0.15, 0.2) is 18.6 Å². The van der Waals surface area contributed by atoms with Crippen LogP contribution in [0, 0.1) is 0 Å². The van der Waals surface area contributed by atoms with Crippen molar-refractivity contribution < 1.29 is 19.0 Å². The molecule has 128 valence electrons.